The summed E-state index contributed by atoms with van der Waals surface area (Å²) < 4.78 is 2.66. The summed E-state index contributed by atoms with van der Waals surface area (Å²) >= 11 is 0. The van der Waals surface area contributed by atoms with Crippen molar-refractivity contribution >= 4 is 48.9 Å². The monoisotopic (exact) mass is 765 g/mol. The van der Waals surface area contributed by atoms with Crippen LogP contribution in [0.5, 0.6) is 0 Å². The van der Waals surface area contributed by atoms with E-state index in [1.807, 2.05) is 0 Å². The zero-order chi connectivity index (χ0) is 39.1. The van der Waals surface area contributed by atoms with Gasteiger partial charge in [0.05, 0.1) is 34.4 Å². The quantitative estimate of drug-likeness (QED) is 0.176. The van der Waals surface area contributed by atoms with Crippen molar-refractivity contribution in [3.8, 4) is 28.3 Å². The Hall–Kier alpha value is -5.20. The van der Waals surface area contributed by atoms with Crippen LogP contribution >= 0.6 is 0 Å². The Bertz CT molecular complexity index is 3130. The maximum Gasteiger partial charge on any atom is 0.0995 e. The Morgan fingerprint density at radius 1 is 0.576 bits per heavy atom. The van der Waals surface area contributed by atoms with Gasteiger partial charge in [-0.1, -0.05) is 81.4 Å². The van der Waals surface area contributed by atoms with Gasteiger partial charge in [-0.3, -0.25) is 4.98 Å². The number of nitriles is 1. The number of aromatic nitrogens is 2. The molecular weight excluding hydrogens is 715 g/mol. The van der Waals surface area contributed by atoms with Crippen molar-refractivity contribution in [1.29, 1.82) is 5.26 Å². The third kappa shape index (κ3) is 4.41. The Labute approximate surface area is 346 Å². The Balaban J connectivity index is 1.29. The molecule has 3 nitrogen and oxygen atoms in total. The molecule has 0 N–H and O–H groups in total. The lowest BCUT2D eigenvalue weighted by Crippen LogP contribution is -2.25. The molecule has 16 rings (SSSR count). The third-order valence-corrected chi connectivity index (χ3v) is 17.1. The SMILES string of the molecule is CC(C)(C)c1cc(-c2ccccc2)c2c(c1)c(-c1ccccc1)c1c3c4c(ncc3n3c5cc(C#N)c6c(c5c2c13)C1CC2CC(CC6C2)C1)C1CC2CC(C1)CC4C2. The smallest absolute Gasteiger partial charge is 0.0995 e. The first-order chi connectivity index (χ1) is 28.8. The number of hydrogen-bond donors (Lipinski definition) is 0. The molecule has 0 aliphatic heterocycles. The van der Waals surface area contributed by atoms with E-state index in [9.17, 15) is 5.26 Å². The molecule has 0 radical (unpaired) electrons. The fraction of sp³-hybridized carbons (Fsp3) is 0.393. The topological polar surface area (TPSA) is 41.1 Å². The summed E-state index contributed by atoms with van der Waals surface area (Å²) in [6.07, 6.45) is 15.3. The second-order valence-corrected chi connectivity index (χ2v) is 21.4. The highest BCUT2D eigenvalue weighted by Gasteiger charge is 2.47. The molecule has 5 aromatic carbocycles. The minimum atomic E-state index is -0.0527. The van der Waals surface area contributed by atoms with Crippen LogP contribution in [0.4, 0.5) is 0 Å². The molecule has 8 aromatic rings. The fourth-order valence-corrected chi connectivity index (χ4v) is 15.3. The Kier molecular flexibility index (Phi) is 6.57. The van der Waals surface area contributed by atoms with Crippen LogP contribution in [0, 0.1) is 35.0 Å². The number of hydrogen-bond acceptors (Lipinski definition) is 2. The van der Waals surface area contributed by atoms with Crippen molar-refractivity contribution in [2.75, 3.05) is 0 Å². The van der Waals surface area contributed by atoms with Crippen LogP contribution in [0.25, 0.3) is 71.1 Å². The number of fused-ring (bicyclic) bond motifs is 8. The molecule has 290 valence electrons. The van der Waals surface area contributed by atoms with Crippen molar-refractivity contribution < 1.29 is 0 Å². The van der Waals surface area contributed by atoms with Crippen molar-refractivity contribution in [1.82, 2.24) is 9.38 Å². The lowest BCUT2D eigenvalue weighted by atomic mass is 9.67. The van der Waals surface area contributed by atoms with Gasteiger partial charge < -0.3 is 4.40 Å². The predicted molar refractivity (Wildman–Crippen MR) is 242 cm³/mol. The van der Waals surface area contributed by atoms with Crippen LogP contribution in [0.15, 0.2) is 85.1 Å². The molecular formula is C56H51N3. The number of rotatable bonds is 2. The summed E-state index contributed by atoms with van der Waals surface area (Å²) in [5.74, 6) is 5.25. The van der Waals surface area contributed by atoms with E-state index in [4.69, 9.17) is 4.98 Å². The maximum absolute atomic E-state index is 11.2. The van der Waals surface area contributed by atoms with Crippen LogP contribution in [0.2, 0.25) is 0 Å². The molecule has 4 fully saturated rings. The van der Waals surface area contributed by atoms with Gasteiger partial charge in [0.2, 0.25) is 0 Å². The van der Waals surface area contributed by atoms with Crippen LogP contribution in [0.1, 0.15) is 142 Å². The molecule has 4 saturated carbocycles. The normalized spacial score (nSPS) is 27.9. The summed E-state index contributed by atoms with van der Waals surface area (Å²) in [5.41, 5.74) is 17.3. The molecule has 4 unspecified atom stereocenters. The van der Waals surface area contributed by atoms with E-state index >= 15 is 0 Å². The molecule has 59 heavy (non-hydrogen) atoms. The average molecular weight is 766 g/mol. The van der Waals surface area contributed by atoms with E-state index in [2.05, 4.69) is 116 Å². The lowest BCUT2D eigenvalue weighted by Gasteiger charge is -2.38. The van der Waals surface area contributed by atoms with Crippen LogP contribution < -0.4 is 0 Å². The van der Waals surface area contributed by atoms with Crippen molar-refractivity contribution in [3.63, 3.8) is 0 Å². The van der Waals surface area contributed by atoms with Crippen LogP contribution in [0.3, 0.4) is 0 Å². The fourth-order valence-electron chi connectivity index (χ4n) is 15.3. The molecule has 3 heterocycles. The minimum Gasteiger partial charge on any atom is -0.306 e. The second kappa shape index (κ2) is 11.5. The zero-order valence-electron chi connectivity index (χ0n) is 34.6. The number of nitrogens with zero attached hydrogens (tertiary/aromatic N) is 3. The van der Waals surface area contributed by atoms with Crippen LogP contribution in [-0.2, 0) is 5.41 Å². The highest BCUT2D eigenvalue weighted by Crippen LogP contribution is 2.63. The van der Waals surface area contributed by atoms with Crippen molar-refractivity contribution in [2.24, 2.45) is 23.7 Å². The molecule has 8 aliphatic rings. The van der Waals surface area contributed by atoms with Gasteiger partial charge in [-0.25, -0.2) is 0 Å². The van der Waals surface area contributed by atoms with Gasteiger partial charge in [0, 0.05) is 38.5 Å². The third-order valence-electron chi connectivity index (χ3n) is 17.1. The summed E-state index contributed by atoms with van der Waals surface area (Å²) in [6, 6.07) is 33.0. The van der Waals surface area contributed by atoms with E-state index in [1.54, 1.807) is 11.1 Å². The summed E-state index contributed by atoms with van der Waals surface area (Å²) in [5, 5.41) is 19.7. The zero-order valence-corrected chi connectivity index (χ0v) is 34.6. The molecule has 0 saturated heterocycles. The molecule has 3 aromatic heterocycles. The predicted octanol–water partition coefficient (Wildman–Crippen LogP) is 14.7. The number of benzene rings is 5. The highest BCUT2D eigenvalue weighted by molar-refractivity contribution is 6.39. The molecule has 8 aliphatic carbocycles. The summed E-state index contributed by atoms with van der Waals surface area (Å²) in [4.78, 5) is 5.62. The maximum atomic E-state index is 11.2. The second-order valence-electron chi connectivity index (χ2n) is 21.4. The van der Waals surface area contributed by atoms with Crippen molar-refractivity contribution in [3.05, 3.63) is 119 Å². The Morgan fingerprint density at radius 2 is 1.15 bits per heavy atom. The molecule has 4 atom stereocenters. The minimum absolute atomic E-state index is 0.0527. The largest absolute Gasteiger partial charge is 0.306 e. The van der Waals surface area contributed by atoms with E-state index in [0.717, 1.165) is 29.2 Å². The first kappa shape index (κ1) is 33.6. The van der Waals surface area contributed by atoms with E-state index in [-0.39, 0.29) is 5.41 Å². The van der Waals surface area contributed by atoms with Gasteiger partial charge >= 0.3 is 0 Å². The van der Waals surface area contributed by atoms with E-state index < -0.39 is 0 Å². The average Bonchev–Trinajstić information content (AvgIpc) is 3.61. The van der Waals surface area contributed by atoms with Gasteiger partial charge in [0.15, 0.2) is 0 Å². The number of pyridine rings is 1. The first-order valence-electron chi connectivity index (χ1n) is 23.0. The van der Waals surface area contributed by atoms with E-state index in [0.29, 0.717) is 23.7 Å². The first-order valence-corrected chi connectivity index (χ1v) is 23.0. The van der Waals surface area contributed by atoms with Gasteiger partial charge in [0.1, 0.15) is 0 Å². The highest BCUT2D eigenvalue weighted by atomic mass is 14.9. The summed E-state index contributed by atoms with van der Waals surface area (Å²) in [6.45, 7) is 7.15. The van der Waals surface area contributed by atoms with Gasteiger partial charge in [-0.2, -0.15) is 5.26 Å². The summed E-state index contributed by atoms with van der Waals surface area (Å²) in [7, 11) is 0. The standard InChI is InChI=1S/C56H51N3/c1-56(2,3)40-25-41(33-10-6-4-7-11-33)49-42(26-40)46(34-12-8-5-9-13-34)52-51-44(28-58-54-38-22-31-15-32(23-38)21-37(20-31)48(51)54)59-43-24-39(27-57)45-35-16-29-14-30(17-35)19-36(18-29)47(45)50(43)53(49)55(52)59/h4-13,24-26,28-32,35-38H,14-23H2,1-3H3. The van der Waals surface area contributed by atoms with Gasteiger partial charge in [-0.05, 0) is 179 Å². The molecule has 8 bridgehead atoms. The molecule has 0 amide bonds. The van der Waals surface area contributed by atoms with Gasteiger partial charge in [-0.15, -0.1) is 0 Å². The molecule has 3 heteroatoms. The molecule has 0 spiro atoms. The van der Waals surface area contributed by atoms with Crippen LogP contribution in [-0.4, -0.2) is 9.38 Å². The van der Waals surface area contributed by atoms with E-state index in [1.165, 1.54) is 152 Å². The lowest BCUT2D eigenvalue weighted by molar-refractivity contribution is 0.165. The Morgan fingerprint density at radius 3 is 1.78 bits per heavy atom. The van der Waals surface area contributed by atoms with Gasteiger partial charge in [0.25, 0.3) is 0 Å². The van der Waals surface area contributed by atoms with Crippen molar-refractivity contribution in [2.45, 2.75) is 114 Å².